The minimum absolute atomic E-state index is 0.0978. The summed E-state index contributed by atoms with van der Waals surface area (Å²) in [4.78, 5) is 17.0. The fourth-order valence-corrected chi connectivity index (χ4v) is 7.15. The molecule has 4 rings (SSSR count). The number of fused-ring (bicyclic) bond motifs is 2. The summed E-state index contributed by atoms with van der Waals surface area (Å²) in [7, 11) is 0. The van der Waals surface area contributed by atoms with Gasteiger partial charge in [0, 0.05) is 35.3 Å². The van der Waals surface area contributed by atoms with Gasteiger partial charge in [0.1, 0.15) is 11.6 Å². The van der Waals surface area contributed by atoms with Crippen LogP contribution in [-0.2, 0) is 10.5 Å². The quantitative estimate of drug-likeness (QED) is 0.854. The summed E-state index contributed by atoms with van der Waals surface area (Å²) in [5.74, 6) is 4.18. The Morgan fingerprint density at radius 3 is 2.88 bits per heavy atom. The second-order valence-corrected chi connectivity index (χ2v) is 9.33. The fraction of sp³-hybridized carbons (Fsp3) is 0.444. The molecule has 4 nitrogen and oxygen atoms in total. The Bertz CT molecular complexity index is 794. The molecular weight excluding hydrogens is 340 g/mol. The summed E-state index contributed by atoms with van der Waals surface area (Å²) in [6.07, 6.45) is 4.90. The molecule has 1 saturated heterocycles. The van der Waals surface area contributed by atoms with Gasteiger partial charge in [-0.15, -0.1) is 23.5 Å². The second kappa shape index (κ2) is 6.15. The number of nitrogens with zero attached hydrogens (tertiary/aromatic N) is 1. The van der Waals surface area contributed by atoms with Crippen LogP contribution in [0.3, 0.4) is 0 Å². The summed E-state index contributed by atoms with van der Waals surface area (Å²) in [5.41, 5.74) is 3.21. The summed E-state index contributed by atoms with van der Waals surface area (Å²) >= 11 is 4.03. The number of rotatable bonds is 2. The number of hydrogen-bond donors (Lipinski definition) is 1. The minimum atomic E-state index is -0.202. The summed E-state index contributed by atoms with van der Waals surface area (Å²) in [6.45, 7) is 3.96. The van der Waals surface area contributed by atoms with E-state index in [9.17, 15) is 4.79 Å². The maximum atomic E-state index is 12.7. The number of furan rings is 1. The van der Waals surface area contributed by atoms with Crippen LogP contribution < -0.4 is 5.32 Å². The minimum Gasteiger partial charge on any atom is -0.455 e. The molecule has 24 heavy (non-hydrogen) atoms. The maximum absolute atomic E-state index is 12.7. The second-order valence-electron chi connectivity index (χ2n) is 6.28. The van der Waals surface area contributed by atoms with Crippen molar-refractivity contribution in [1.82, 2.24) is 4.98 Å². The number of thioether (sulfide) groups is 2. The molecule has 2 aromatic heterocycles. The van der Waals surface area contributed by atoms with Gasteiger partial charge in [-0.3, -0.25) is 4.79 Å². The van der Waals surface area contributed by atoms with Gasteiger partial charge in [-0.25, -0.2) is 4.98 Å². The zero-order valence-electron chi connectivity index (χ0n) is 13.8. The zero-order chi connectivity index (χ0) is 16.7. The largest absolute Gasteiger partial charge is 0.455 e. The first-order chi connectivity index (χ1) is 11.6. The molecule has 0 unspecified atom stereocenters. The van der Waals surface area contributed by atoms with E-state index < -0.39 is 0 Å². The molecule has 126 valence electrons. The standard InChI is InChI=1S/C18H20N2O2S2/c1-11-5-4-8-19-16(11)20-17(21)15-12(2)14-13(22-15)6-3-7-18(14)23-9-10-24-18/h4-5,8H,3,6-7,9-10H2,1-2H3,(H,19,20,21). The molecule has 0 saturated carbocycles. The number of aromatic nitrogens is 1. The molecule has 1 N–H and O–H groups in total. The van der Waals surface area contributed by atoms with E-state index >= 15 is 0 Å². The Labute approximate surface area is 150 Å². The van der Waals surface area contributed by atoms with Gasteiger partial charge in [-0.05, 0) is 38.3 Å². The van der Waals surface area contributed by atoms with Gasteiger partial charge in [0.05, 0.1) is 4.08 Å². The number of amides is 1. The van der Waals surface area contributed by atoms with Crippen molar-refractivity contribution >= 4 is 35.2 Å². The van der Waals surface area contributed by atoms with Crippen molar-refractivity contribution in [3.63, 3.8) is 0 Å². The van der Waals surface area contributed by atoms with Crippen molar-refractivity contribution in [2.75, 3.05) is 16.8 Å². The van der Waals surface area contributed by atoms with Gasteiger partial charge in [0.2, 0.25) is 0 Å². The van der Waals surface area contributed by atoms with E-state index in [2.05, 4.69) is 10.3 Å². The number of nitrogens with one attached hydrogen (secondary N) is 1. The molecular formula is C18H20N2O2S2. The van der Waals surface area contributed by atoms with Gasteiger partial charge in [-0.2, -0.15) is 0 Å². The number of anilines is 1. The van der Waals surface area contributed by atoms with Crippen LogP contribution in [-0.4, -0.2) is 22.4 Å². The van der Waals surface area contributed by atoms with Crippen molar-refractivity contribution in [3.8, 4) is 0 Å². The molecule has 1 amide bonds. The van der Waals surface area contributed by atoms with Crippen molar-refractivity contribution in [2.45, 2.75) is 37.2 Å². The molecule has 2 aromatic rings. The first-order valence-corrected chi connectivity index (χ1v) is 10.2. The predicted molar refractivity (Wildman–Crippen MR) is 99.9 cm³/mol. The summed E-state index contributed by atoms with van der Waals surface area (Å²) < 4.78 is 6.13. The highest BCUT2D eigenvalue weighted by atomic mass is 32.2. The van der Waals surface area contributed by atoms with E-state index in [0.717, 1.165) is 36.1 Å². The van der Waals surface area contributed by atoms with Gasteiger partial charge in [0.15, 0.2) is 5.76 Å². The van der Waals surface area contributed by atoms with Crippen molar-refractivity contribution in [3.05, 3.63) is 46.5 Å². The van der Waals surface area contributed by atoms with Crippen LogP contribution in [0, 0.1) is 13.8 Å². The van der Waals surface area contributed by atoms with Crippen molar-refractivity contribution in [2.24, 2.45) is 0 Å². The monoisotopic (exact) mass is 360 g/mol. The van der Waals surface area contributed by atoms with Crippen LogP contribution in [0.1, 0.15) is 45.8 Å². The highest BCUT2D eigenvalue weighted by Crippen LogP contribution is 2.59. The molecule has 6 heteroatoms. The Hall–Kier alpha value is -1.40. The molecule has 0 radical (unpaired) electrons. The number of hydrogen-bond acceptors (Lipinski definition) is 5. The van der Waals surface area contributed by atoms with E-state index in [1.54, 1.807) is 6.20 Å². The number of aryl methyl sites for hydroxylation is 2. The molecule has 1 aliphatic heterocycles. The lowest BCUT2D eigenvalue weighted by molar-refractivity contribution is 0.0993. The smallest absolute Gasteiger partial charge is 0.292 e. The summed E-state index contributed by atoms with van der Waals surface area (Å²) in [5, 5.41) is 2.90. The van der Waals surface area contributed by atoms with Crippen LogP contribution >= 0.6 is 23.5 Å². The molecule has 2 aliphatic rings. The van der Waals surface area contributed by atoms with Crippen LogP contribution in [0.15, 0.2) is 22.7 Å². The third-order valence-electron chi connectivity index (χ3n) is 4.71. The van der Waals surface area contributed by atoms with E-state index in [-0.39, 0.29) is 9.99 Å². The first-order valence-electron chi connectivity index (χ1n) is 8.24. The third kappa shape index (κ3) is 2.56. The van der Waals surface area contributed by atoms with Gasteiger partial charge < -0.3 is 9.73 Å². The fourth-order valence-electron chi connectivity index (χ4n) is 3.60. The van der Waals surface area contributed by atoms with E-state index in [1.807, 2.05) is 49.5 Å². The van der Waals surface area contributed by atoms with E-state index in [4.69, 9.17) is 4.42 Å². The number of pyridine rings is 1. The zero-order valence-corrected chi connectivity index (χ0v) is 15.5. The maximum Gasteiger partial charge on any atom is 0.292 e. The predicted octanol–water partition coefficient (Wildman–Crippen LogP) is 4.51. The average Bonchev–Trinajstić information content (AvgIpc) is 3.16. The van der Waals surface area contributed by atoms with Gasteiger partial charge >= 0.3 is 0 Å². The Morgan fingerprint density at radius 2 is 2.12 bits per heavy atom. The van der Waals surface area contributed by atoms with Crippen molar-refractivity contribution < 1.29 is 9.21 Å². The topological polar surface area (TPSA) is 55.1 Å². The average molecular weight is 361 g/mol. The number of carbonyl (C=O) groups excluding carboxylic acids is 1. The Morgan fingerprint density at radius 1 is 1.33 bits per heavy atom. The molecule has 0 atom stereocenters. The SMILES string of the molecule is Cc1cccnc1NC(=O)c1oc2c(c1C)C1(CCC2)SCCS1. The molecule has 1 spiro atoms. The van der Waals surface area contributed by atoms with Gasteiger partial charge in [0.25, 0.3) is 5.91 Å². The third-order valence-corrected chi connectivity index (χ3v) is 8.24. The molecule has 1 fully saturated rings. The van der Waals surface area contributed by atoms with Crippen LogP contribution in [0.4, 0.5) is 5.82 Å². The van der Waals surface area contributed by atoms with E-state index in [0.29, 0.717) is 11.6 Å². The number of carbonyl (C=O) groups is 1. The van der Waals surface area contributed by atoms with E-state index in [1.165, 1.54) is 17.1 Å². The molecule has 0 bridgehead atoms. The highest BCUT2D eigenvalue weighted by Gasteiger charge is 2.45. The Kier molecular flexibility index (Phi) is 4.12. The summed E-state index contributed by atoms with van der Waals surface area (Å²) in [6, 6.07) is 3.80. The molecule has 1 aliphatic carbocycles. The molecule has 0 aromatic carbocycles. The van der Waals surface area contributed by atoms with Crippen LogP contribution in [0.5, 0.6) is 0 Å². The van der Waals surface area contributed by atoms with Crippen molar-refractivity contribution in [1.29, 1.82) is 0 Å². The van der Waals surface area contributed by atoms with Crippen LogP contribution in [0.2, 0.25) is 0 Å². The van der Waals surface area contributed by atoms with Gasteiger partial charge in [-0.1, -0.05) is 6.07 Å². The lowest BCUT2D eigenvalue weighted by Gasteiger charge is -2.31. The normalized spacial score (nSPS) is 18.6. The lowest BCUT2D eigenvalue weighted by Crippen LogP contribution is -2.21. The Balaban J connectivity index is 1.69. The lowest BCUT2D eigenvalue weighted by atomic mass is 9.94. The van der Waals surface area contributed by atoms with Crippen LogP contribution in [0.25, 0.3) is 0 Å². The first kappa shape index (κ1) is 16.1. The molecule has 3 heterocycles. The highest BCUT2D eigenvalue weighted by molar-refractivity contribution is 8.20.